The van der Waals surface area contributed by atoms with Crippen molar-refractivity contribution in [2.45, 2.75) is 66.2 Å². The molecule has 0 unspecified atom stereocenters. The molecule has 0 radical (unpaired) electrons. The zero-order chi connectivity index (χ0) is 21.7. The zero-order valence-corrected chi connectivity index (χ0v) is 16.2. The summed E-state index contributed by atoms with van der Waals surface area (Å²) in [7, 11) is 0. The van der Waals surface area contributed by atoms with Crippen LogP contribution in [0, 0.1) is 33.7 Å². The van der Waals surface area contributed by atoms with E-state index in [1.54, 1.807) is 33.0 Å². The summed E-state index contributed by atoms with van der Waals surface area (Å²) in [6, 6.07) is 0. The predicted octanol–water partition coefficient (Wildman–Crippen LogP) is 2.22. The number of carbonyl (C=O) groups is 4. The molecule has 3 N–H and O–H groups in total. The summed E-state index contributed by atoms with van der Waals surface area (Å²) < 4.78 is 0. The lowest BCUT2D eigenvalue weighted by Crippen LogP contribution is -2.25. The van der Waals surface area contributed by atoms with E-state index in [2.05, 4.69) is 0 Å². The van der Waals surface area contributed by atoms with Crippen LogP contribution < -0.4 is 5.32 Å². The maximum atomic E-state index is 11.7. The van der Waals surface area contributed by atoms with E-state index >= 15 is 0 Å². The van der Waals surface area contributed by atoms with Gasteiger partial charge >= 0.3 is 11.9 Å². The van der Waals surface area contributed by atoms with Crippen molar-refractivity contribution >= 4 is 23.5 Å². The third-order valence-electron chi connectivity index (χ3n) is 4.01. The molecule has 0 saturated heterocycles. The number of aliphatic carboxylic acids is 2. The number of nitrogens with zero attached hydrogens (tertiary/aromatic N) is 2. The van der Waals surface area contributed by atoms with E-state index in [1.807, 2.05) is 0 Å². The number of ketones is 2. The molecule has 0 atom stereocenters. The largest absolute Gasteiger partial charge is 0.481 e. The summed E-state index contributed by atoms with van der Waals surface area (Å²) >= 11 is 0. The van der Waals surface area contributed by atoms with E-state index in [4.69, 9.17) is 20.7 Å². The van der Waals surface area contributed by atoms with Crippen LogP contribution in [0.5, 0.6) is 0 Å². The minimum Gasteiger partial charge on any atom is -0.481 e. The fraction of sp³-hybridized carbons (Fsp3) is 0.667. The molecule has 150 valence electrons. The van der Waals surface area contributed by atoms with E-state index in [0.717, 1.165) is 0 Å². The highest BCUT2D eigenvalue weighted by atomic mass is 16.4. The van der Waals surface area contributed by atoms with Crippen LogP contribution in [0.4, 0.5) is 0 Å². The quantitative estimate of drug-likeness (QED) is 0.359. The van der Waals surface area contributed by atoms with Gasteiger partial charge in [-0.15, -0.1) is 0 Å². The Balaban J connectivity index is 0. The lowest BCUT2D eigenvalue weighted by Gasteiger charge is -2.18. The van der Waals surface area contributed by atoms with Gasteiger partial charge in [0.1, 0.15) is 11.6 Å². The second kappa shape index (κ2) is 12.4. The number of Topliss-reactive ketones (excluding diaryl/α,β-unsaturated/α-hetero) is 2. The maximum absolute atomic E-state index is 11.7. The Kier molecular flexibility index (Phi) is 12.1. The topological polar surface area (TPSA) is 168 Å². The van der Waals surface area contributed by atoms with Crippen LogP contribution in [-0.2, 0) is 19.2 Å². The minimum atomic E-state index is -0.953. The van der Waals surface area contributed by atoms with Gasteiger partial charge in [0.25, 0.3) is 0 Å². The van der Waals surface area contributed by atoms with Crippen LogP contribution in [0.15, 0.2) is 0 Å². The highest BCUT2D eigenvalue weighted by molar-refractivity contribution is 5.86. The number of nitriles is 2. The number of rotatable bonds is 11. The van der Waals surface area contributed by atoms with Gasteiger partial charge in [-0.1, -0.05) is 0 Å². The first kappa shape index (κ1) is 26.3. The van der Waals surface area contributed by atoms with Gasteiger partial charge in [0.05, 0.1) is 10.8 Å². The van der Waals surface area contributed by atoms with E-state index in [0.29, 0.717) is 0 Å². The SMILES string of the molecule is CC(C)(CCC(=O)CCC(=O)CCC(C)(C)C(=O)O)C(=O)O.N#CNC#N. The van der Waals surface area contributed by atoms with Crippen molar-refractivity contribution in [1.29, 1.82) is 10.5 Å². The van der Waals surface area contributed by atoms with E-state index in [9.17, 15) is 19.2 Å². The normalized spacial score (nSPS) is 10.4. The molecule has 0 aromatic carbocycles. The minimum absolute atomic E-state index is 0.0853. The van der Waals surface area contributed by atoms with Crippen molar-refractivity contribution in [3.05, 3.63) is 0 Å². The molecule has 0 amide bonds. The molecule has 0 rings (SSSR count). The van der Waals surface area contributed by atoms with Gasteiger partial charge in [-0.2, -0.15) is 10.5 Å². The standard InChI is InChI=1S/C16H26O6.C2HN3/c1-15(2,13(19)20)9-7-11(17)5-6-12(18)8-10-16(3,4)14(21)22;3-1-5-2-4/h5-10H2,1-4H3,(H,19,20)(H,21,22);5H. The molecule has 27 heavy (non-hydrogen) atoms. The second-order valence-corrected chi connectivity index (χ2v) is 7.30. The van der Waals surface area contributed by atoms with E-state index in [-0.39, 0.29) is 50.1 Å². The first-order valence-electron chi connectivity index (χ1n) is 8.33. The zero-order valence-electron chi connectivity index (χ0n) is 16.2. The van der Waals surface area contributed by atoms with Crippen molar-refractivity contribution in [2.75, 3.05) is 0 Å². The van der Waals surface area contributed by atoms with Crippen LogP contribution in [0.2, 0.25) is 0 Å². The average Bonchev–Trinajstić information content (AvgIpc) is 2.57. The summed E-state index contributed by atoms with van der Waals surface area (Å²) in [5.74, 6) is -2.18. The lowest BCUT2D eigenvalue weighted by atomic mass is 9.85. The molecule has 0 heterocycles. The monoisotopic (exact) mass is 381 g/mol. The summed E-state index contributed by atoms with van der Waals surface area (Å²) in [4.78, 5) is 45.2. The molecular formula is C18H27N3O6. The first-order chi connectivity index (χ1) is 12.3. The Morgan fingerprint density at radius 1 is 0.741 bits per heavy atom. The number of hydrogen-bond acceptors (Lipinski definition) is 7. The first-order valence-corrected chi connectivity index (χ1v) is 8.33. The highest BCUT2D eigenvalue weighted by Crippen LogP contribution is 2.24. The fourth-order valence-electron chi connectivity index (χ4n) is 1.67. The van der Waals surface area contributed by atoms with Crippen molar-refractivity contribution in [3.8, 4) is 12.4 Å². The Morgan fingerprint density at radius 2 is 1.04 bits per heavy atom. The molecule has 0 bridgehead atoms. The molecule has 0 aromatic rings. The summed E-state index contributed by atoms with van der Waals surface area (Å²) in [5.41, 5.74) is -1.91. The van der Waals surface area contributed by atoms with Gasteiger partial charge in [0.2, 0.25) is 0 Å². The van der Waals surface area contributed by atoms with Crippen molar-refractivity contribution in [2.24, 2.45) is 10.8 Å². The Bertz CT molecular complexity index is 572. The van der Waals surface area contributed by atoms with Gasteiger partial charge in [0.15, 0.2) is 12.4 Å². The summed E-state index contributed by atoms with van der Waals surface area (Å²) in [6.07, 6.45) is 3.72. The molecule has 0 aliphatic heterocycles. The smallest absolute Gasteiger partial charge is 0.309 e. The molecule has 0 spiro atoms. The molecular weight excluding hydrogens is 354 g/mol. The van der Waals surface area contributed by atoms with Crippen LogP contribution in [0.3, 0.4) is 0 Å². The number of carboxylic acid groups (broad SMARTS) is 2. The van der Waals surface area contributed by atoms with Gasteiger partial charge in [-0.3, -0.25) is 19.2 Å². The average molecular weight is 381 g/mol. The molecule has 9 heteroatoms. The van der Waals surface area contributed by atoms with Crippen molar-refractivity contribution in [3.63, 3.8) is 0 Å². The van der Waals surface area contributed by atoms with E-state index in [1.165, 1.54) is 12.4 Å². The molecule has 0 aliphatic rings. The van der Waals surface area contributed by atoms with Gasteiger partial charge in [-0.05, 0) is 40.5 Å². The van der Waals surface area contributed by atoms with Gasteiger partial charge in [-0.25, -0.2) is 5.32 Å². The van der Waals surface area contributed by atoms with Gasteiger partial charge < -0.3 is 10.2 Å². The predicted molar refractivity (Wildman–Crippen MR) is 94.9 cm³/mol. The van der Waals surface area contributed by atoms with Crippen LogP contribution in [0.25, 0.3) is 0 Å². The number of carbonyl (C=O) groups excluding carboxylic acids is 2. The summed E-state index contributed by atoms with van der Waals surface area (Å²) in [6.45, 7) is 6.23. The molecule has 0 fully saturated rings. The van der Waals surface area contributed by atoms with Crippen LogP contribution in [-0.4, -0.2) is 33.7 Å². The van der Waals surface area contributed by atoms with Crippen LogP contribution >= 0.6 is 0 Å². The second-order valence-electron chi connectivity index (χ2n) is 7.30. The number of nitrogens with one attached hydrogen (secondary N) is 1. The number of hydrogen-bond donors (Lipinski definition) is 3. The number of carboxylic acids is 2. The van der Waals surface area contributed by atoms with Gasteiger partial charge in [0, 0.05) is 25.7 Å². The van der Waals surface area contributed by atoms with Crippen molar-refractivity contribution in [1.82, 2.24) is 5.32 Å². The third kappa shape index (κ3) is 13.0. The van der Waals surface area contributed by atoms with Crippen LogP contribution in [0.1, 0.15) is 66.2 Å². The van der Waals surface area contributed by atoms with E-state index < -0.39 is 22.8 Å². The molecule has 9 nitrogen and oxygen atoms in total. The Morgan fingerprint density at radius 3 is 1.22 bits per heavy atom. The highest BCUT2D eigenvalue weighted by Gasteiger charge is 2.28. The fourth-order valence-corrected chi connectivity index (χ4v) is 1.67. The third-order valence-corrected chi connectivity index (χ3v) is 4.01. The molecule has 0 aromatic heterocycles. The lowest BCUT2D eigenvalue weighted by molar-refractivity contribution is -0.148. The Labute approximate surface area is 159 Å². The molecule has 0 aliphatic carbocycles. The van der Waals surface area contributed by atoms with Crippen molar-refractivity contribution < 1.29 is 29.4 Å². The Hall–Kier alpha value is -2.94. The molecule has 0 saturated carbocycles. The maximum Gasteiger partial charge on any atom is 0.309 e. The summed E-state index contributed by atoms with van der Waals surface area (Å²) in [5, 5.41) is 34.6.